The van der Waals surface area contributed by atoms with Crippen molar-refractivity contribution in [1.29, 1.82) is 0 Å². The third-order valence-corrected chi connectivity index (χ3v) is 10.3. The van der Waals surface area contributed by atoms with Crippen molar-refractivity contribution in [2.75, 3.05) is 11.9 Å². The SMILES string of the molecule is O=C(Nc1ncnc2c1CCN(S(=O)(=O)c1ccc(Cl)cc1F)C2)C12CC3CC(CC(C3)C1)C2. The first-order chi connectivity index (χ1) is 16.2. The molecule has 0 saturated heterocycles. The van der Waals surface area contributed by atoms with Gasteiger partial charge >= 0.3 is 0 Å². The monoisotopic (exact) mass is 504 g/mol. The Labute approximate surface area is 203 Å². The van der Waals surface area contributed by atoms with Crippen molar-refractivity contribution < 1.29 is 17.6 Å². The van der Waals surface area contributed by atoms with E-state index >= 15 is 0 Å². The summed E-state index contributed by atoms with van der Waals surface area (Å²) in [6.45, 7) is 0.132. The van der Waals surface area contributed by atoms with Crippen LogP contribution in [-0.2, 0) is 27.8 Å². The predicted molar refractivity (Wildman–Crippen MR) is 124 cm³/mol. The van der Waals surface area contributed by atoms with E-state index < -0.39 is 20.7 Å². The second-order valence-electron chi connectivity index (χ2n) is 10.5. The van der Waals surface area contributed by atoms with Gasteiger partial charge in [0.05, 0.1) is 17.7 Å². The minimum Gasteiger partial charge on any atom is -0.310 e. The maximum atomic E-state index is 14.4. The number of benzene rings is 1. The summed E-state index contributed by atoms with van der Waals surface area (Å²) < 4.78 is 41.7. The summed E-state index contributed by atoms with van der Waals surface area (Å²) in [7, 11) is -4.07. The Morgan fingerprint density at radius 1 is 1.12 bits per heavy atom. The van der Waals surface area contributed by atoms with Gasteiger partial charge in [0.25, 0.3) is 0 Å². The summed E-state index contributed by atoms with van der Waals surface area (Å²) in [5.74, 6) is 1.60. The fraction of sp³-hybridized carbons (Fsp3) is 0.542. The summed E-state index contributed by atoms with van der Waals surface area (Å²) in [5, 5.41) is 3.23. The molecule has 1 amide bonds. The molecule has 10 heteroatoms. The third-order valence-electron chi connectivity index (χ3n) is 8.24. The molecule has 180 valence electrons. The van der Waals surface area contributed by atoms with Crippen LogP contribution in [-0.4, -0.2) is 35.1 Å². The van der Waals surface area contributed by atoms with Crippen LogP contribution in [0.4, 0.5) is 10.2 Å². The van der Waals surface area contributed by atoms with Crippen LogP contribution in [0.25, 0.3) is 0 Å². The van der Waals surface area contributed by atoms with E-state index in [0.717, 1.165) is 30.9 Å². The Balaban J connectivity index is 1.23. The zero-order chi connectivity index (χ0) is 23.7. The van der Waals surface area contributed by atoms with Gasteiger partial charge in [-0.25, -0.2) is 22.8 Å². The van der Waals surface area contributed by atoms with Crippen molar-refractivity contribution in [3.8, 4) is 0 Å². The van der Waals surface area contributed by atoms with Crippen LogP contribution < -0.4 is 5.32 Å². The molecular weight excluding hydrogens is 479 g/mol. The molecule has 7 rings (SSSR count). The highest BCUT2D eigenvalue weighted by Crippen LogP contribution is 2.60. The molecule has 34 heavy (non-hydrogen) atoms. The zero-order valence-electron chi connectivity index (χ0n) is 18.6. The maximum absolute atomic E-state index is 14.4. The Morgan fingerprint density at radius 2 is 1.79 bits per heavy atom. The minimum atomic E-state index is -4.07. The second-order valence-corrected chi connectivity index (χ2v) is 12.8. The van der Waals surface area contributed by atoms with Gasteiger partial charge in [-0.3, -0.25) is 4.79 Å². The number of carbonyl (C=O) groups is 1. The van der Waals surface area contributed by atoms with Crippen molar-refractivity contribution >= 4 is 33.3 Å². The molecule has 5 aliphatic rings. The highest BCUT2D eigenvalue weighted by Gasteiger charge is 2.54. The normalized spacial score (nSPS) is 30.2. The van der Waals surface area contributed by atoms with E-state index in [9.17, 15) is 17.6 Å². The third kappa shape index (κ3) is 3.63. The topological polar surface area (TPSA) is 92.3 Å². The number of hydrogen-bond donors (Lipinski definition) is 1. The molecule has 0 atom stereocenters. The number of fused-ring (bicyclic) bond motifs is 1. The van der Waals surface area contributed by atoms with Gasteiger partial charge in [0, 0.05) is 17.1 Å². The number of halogens is 2. The van der Waals surface area contributed by atoms with Gasteiger partial charge in [-0.1, -0.05) is 11.6 Å². The molecule has 1 aromatic carbocycles. The fourth-order valence-electron chi connectivity index (χ4n) is 7.10. The number of rotatable bonds is 4. The Kier molecular flexibility index (Phi) is 5.24. The van der Waals surface area contributed by atoms with Gasteiger partial charge in [0.1, 0.15) is 22.9 Å². The van der Waals surface area contributed by atoms with Crippen LogP contribution >= 0.6 is 11.6 Å². The summed E-state index contributed by atoms with van der Waals surface area (Å²) in [4.78, 5) is 21.7. The first-order valence-corrected chi connectivity index (χ1v) is 13.6. The van der Waals surface area contributed by atoms with E-state index in [1.54, 1.807) is 0 Å². The Bertz CT molecular complexity index is 1250. The van der Waals surface area contributed by atoms with Gasteiger partial charge in [0.2, 0.25) is 15.9 Å². The van der Waals surface area contributed by atoms with Gasteiger partial charge in [0.15, 0.2) is 0 Å². The summed E-state index contributed by atoms with van der Waals surface area (Å²) in [6.07, 6.45) is 8.33. The molecular formula is C24H26ClFN4O3S. The molecule has 1 aliphatic heterocycles. The lowest BCUT2D eigenvalue weighted by atomic mass is 9.49. The summed E-state index contributed by atoms with van der Waals surface area (Å²) in [6, 6.07) is 3.53. The van der Waals surface area contributed by atoms with E-state index in [4.69, 9.17) is 11.6 Å². The van der Waals surface area contributed by atoms with Crippen LogP contribution in [0.15, 0.2) is 29.4 Å². The number of amides is 1. The van der Waals surface area contributed by atoms with Crippen LogP contribution in [0, 0.1) is 29.0 Å². The number of nitrogens with one attached hydrogen (secondary N) is 1. The molecule has 0 spiro atoms. The van der Waals surface area contributed by atoms with E-state index in [-0.39, 0.29) is 29.4 Å². The van der Waals surface area contributed by atoms with Crippen molar-refractivity contribution in [3.63, 3.8) is 0 Å². The smallest absolute Gasteiger partial charge is 0.246 e. The lowest BCUT2D eigenvalue weighted by molar-refractivity contribution is -0.140. The van der Waals surface area contributed by atoms with Crippen molar-refractivity contribution in [2.24, 2.45) is 23.2 Å². The van der Waals surface area contributed by atoms with Crippen molar-refractivity contribution in [3.05, 3.63) is 46.6 Å². The molecule has 0 unspecified atom stereocenters. The van der Waals surface area contributed by atoms with Gasteiger partial charge in [-0.05, 0) is 80.9 Å². The van der Waals surface area contributed by atoms with Gasteiger partial charge in [-0.2, -0.15) is 4.31 Å². The number of hydrogen-bond acceptors (Lipinski definition) is 5. The molecule has 4 saturated carbocycles. The molecule has 7 nitrogen and oxygen atoms in total. The summed E-state index contributed by atoms with van der Waals surface area (Å²) in [5.41, 5.74) is 0.978. The number of nitrogens with zero attached hydrogens (tertiary/aromatic N) is 3. The van der Waals surface area contributed by atoms with Crippen LogP contribution in [0.1, 0.15) is 49.8 Å². The van der Waals surface area contributed by atoms with Crippen LogP contribution in [0.3, 0.4) is 0 Å². The Morgan fingerprint density at radius 3 is 2.44 bits per heavy atom. The van der Waals surface area contributed by atoms with Crippen LogP contribution in [0.2, 0.25) is 5.02 Å². The molecule has 2 heterocycles. The fourth-order valence-corrected chi connectivity index (χ4v) is 8.70. The quantitative estimate of drug-likeness (QED) is 0.674. The van der Waals surface area contributed by atoms with Gasteiger partial charge in [-0.15, -0.1) is 0 Å². The first kappa shape index (κ1) is 22.4. The predicted octanol–water partition coefficient (Wildman–Crippen LogP) is 4.17. The Hall–Kier alpha value is -2.10. The average Bonchev–Trinajstić information content (AvgIpc) is 2.77. The number of carbonyl (C=O) groups excluding carboxylic acids is 1. The average molecular weight is 505 g/mol. The maximum Gasteiger partial charge on any atom is 0.246 e. The lowest BCUT2D eigenvalue weighted by Crippen LogP contribution is -2.52. The van der Waals surface area contributed by atoms with Crippen LogP contribution in [0.5, 0.6) is 0 Å². The largest absolute Gasteiger partial charge is 0.310 e. The zero-order valence-corrected chi connectivity index (χ0v) is 20.2. The van der Waals surface area contributed by atoms with Crippen molar-refractivity contribution in [2.45, 2.75) is 56.4 Å². The van der Waals surface area contributed by atoms with Gasteiger partial charge < -0.3 is 5.32 Å². The lowest BCUT2D eigenvalue weighted by Gasteiger charge is -2.55. The molecule has 4 bridgehead atoms. The second kappa shape index (κ2) is 7.96. The highest BCUT2D eigenvalue weighted by molar-refractivity contribution is 7.89. The number of aromatic nitrogens is 2. The van der Waals surface area contributed by atoms with E-state index in [1.165, 1.54) is 42.0 Å². The number of anilines is 1. The van der Waals surface area contributed by atoms with E-state index in [1.807, 2.05) is 0 Å². The molecule has 1 N–H and O–H groups in total. The molecule has 1 aromatic heterocycles. The van der Waals surface area contributed by atoms with E-state index in [2.05, 4.69) is 15.3 Å². The molecule has 0 radical (unpaired) electrons. The standard InChI is InChI=1S/C24H26ClFN4O3S/c25-17-1-2-21(19(26)8-17)34(32,33)30-4-3-18-20(12-30)27-13-28-22(18)29-23(31)24-9-14-5-15(10-24)7-16(6-14)11-24/h1-2,8,13-16H,3-7,9-12H2,(H,27,28,29,31). The minimum absolute atomic E-state index is 0.0114. The summed E-state index contributed by atoms with van der Waals surface area (Å²) >= 11 is 5.78. The molecule has 4 aliphatic carbocycles. The first-order valence-electron chi connectivity index (χ1n) is 11.8. The van der Waals surface area contributed by atoms with Crippen molar-refractivity contribution in [1.82, 2.24) is 14.3 Å². The number of sulfonamides is 1. The van der Waals surface area contributed by atoms with E-state index in [0.29, 0.717) is 35.7 Å². The highest BCUT2D eigenvalue weighted by atomic mass is 35.5. The molecule has 4 fully saturated rings. The molecule has 2 aromatic rings.